The SMILES string of the molecule is CCNCc1ccc2ccn(CCCC(F)(F)F)c2c1. The summed E-state index contributed by atoms with van der Waals surface area (Å²) in [4.78, 5) is 0. The van der Waals surface area contributed by atoms with E-state index in [1.807, 2.05) is 42.0 Å². The minimum absolute atomic E-state index is 0.116. The van der Waals surface area contributed by atoms with Crippen molar-refractivity contribution in [3.05, 3.63) is 36.0 Å². The van der Waals surface area contributed by atoms with Crippen LogP contribution in [0.5, 0.6) is 0 Å². The molecular formula is C15H19F3N2. The summed E-state index contributed by atoms with van der Waals surface area (Å²) in [6, 6.07) is 8.05. The van der Waals surface area contributed by atoms with Gasteiger partial charge in [0.1, 0.15) is 0 Å². The molecular weight excluding hydrogens is 265 g/mol. The molecule has 0 aliphatic heterocycles. The van der Waals surface area contributed by atoms with Crippen molar-refractivity contribution in [3.8, 4) is 0 Å². The Morgan fingerprint density at radius 2 is 2.00 bits per heavy atom. The predicted molar refractivity (Wildman–Crippen MR) is 74.6 cm³/mol. The lowest BCUT2D eigenvalue weighted by Gasteiger charge is -2.09. The summed E-state index contributed by atoms with van der Waals surface area (Å²) in [6.45, 7) is 4.11. The summed E-state index contributed by atoms with van der Waals surface area (Å²) in [5.74, 6) is 0. The number of benzene rings is 1. The van der Waals surface area contributed by atoms with E-state index in [0.29, 0.717) is 6.54 Å². The van der Waals surface area contributed by atoms with Gasteiger partial charge in [-0.2, -0.15) is 13.2 Å². The van der Waals surface area contributed by atoms with Gasteiger partial charge in [-0.15, -0.1) is 0 Å². The molecule has 0 radical (unpaired) electrons. The van der Waals surface area contributed by atoms with Crippen molar-refractivity contribution >= 4 is 10.9 Å². The van der Waals surface area contributed by atoms with Crippen molar-refractivity contribution in [1.82, 2.24) is 9.88 Å². The molecule has 1 heterocycles. The van der Waals surface area contributed by atoms with Crippen molar-refractivity contribution < 1.29 is 13.2 Å². The fourth-order valence-corrected chi connectivity index (χ4v) is 2.25. The highest BCUT2D eigenvalue weighted by Crippen LogP contribution is 2.23. The van der Waals surface area contributed by atoms with E-state index in [-0.39, 0.29) is 6.42 Å². The van der Waals surface area contributed by atoms with Crippen LogP contribution in [0.3, 0.4) is 0 Å². The zero-order chi connectivity index (χ0) is 14.6. The quantitative estimate of drug-likeness (QED) is 0.845. The lowest BCUT2D eigenvalue weighted by molar-refractivity contribution is -0.135. The van der Waals surface area contributed by atoms with E-state index < -0.39 is 12.6 Å². The number of nitrogens with one attached hydrogen (secondary N) is 1. The molecule has 20 heavy (non-hydrogen) atoms. The van der Waals surface area contributed by atoms with Crippen LogP contribution in [0.15, 0.2) is 30.5 Å². The maximum Gasteiger partial charge on any atom is 0.389 e. The Bertz CT molecular complexity index is 558. The van der Waals surface area contributed by atoms with Gasteiger partial charge in [0.2, 0.25) is 0 Å². The molecule has 0 saturated heterocycles. The number of hydrogen-bond acceptors (Lipinski definition) is 1. The summed E-state index contributed by atoms with van der Waals surface area (Å²) in [6.07, 6.45) is -2.83. The number of alkyl halides is 3. The molecule has 1 aromatic carbocycles. The molecule has 2 aromatic rings. The number of halogens is 3. The highest BCUT2D eigenvalue weighted by Gasteiger charge is 2.26. The zero-order valence-corrected chi connectivity index (χ0v) is 11.5. The molecule has 0 atom stereocenters. The van der Waals surface area contributed by atoms with E-state index >= 15 is 0 Å². The highest BCUT2D eigenvalue weighted by molar-refractivity contribution is 5.80. The molecule has 0 aliphatic carbocycles. The molecule has 2 nitrogen and oxygen atoms in total. The summed E-state index contributed by atoms with van der Waals surface area (Å²) >= 11 is 0. The molecule has 2 rings (SSSR count). The second-order valence-corrected chi connectivity index (χ2v) is 4.90. The van der Waals surface area contributed by atoms with Gasteiger partial charge in [-0.25, -0.2) is 0 Å². The molecule has 0 spiro atoms. The Kier molecular flexibility index (Phi) is 4.70. The molecule has 110 valence electrons. The lowest BCUT2D eigenvalue weighted by atomic mass is 10.1. The molecule has 1 N–H and O–H groups in total. The zero-order valence-electron chi connectivity index (χ0n) is 11.5. The first kappa shape index (κ1) is 14.9. The highest BCUT2D eigenvalue weighted by atomic mass is 19.4. The van der Waals surface area contributed by atoms with Gasteiger partial charge in [-0.1, -0.05) is 19.1 Å². The molecule has 0 fully saturated rings. The van der Waals surface area contributed by atoms with Crippen LogP contribution >= 0.6 is 0 Å². The molecule has 0 saturated carbocycles. The van der Waals surface area contributed by atoms with Gasteiger partial charge in [0.05, 0.1) is 0 Å². The van der Waals surface area contributed by atoms with Gasteiger partial charge < -0.3 is 9.88 Å². The van der Waals surface area contributed by atoms with Crippen molar-refractivity contribution in [3.63, 3.8) is 0 Å². The summed E-state index contributed by atoms with van der Waals surface area (Å²) in [5.41, 5.74) is 2.15. The Hall–Kier alpha value is -1.49. The number of rotatable bonds is 6. The fraction of sp³-hybridized carbons (Fsp3) is 0.467. The standard InChI is InChI=1S/C15H19F3N2/c1-2-19-11-12-4-5-13-6-9-20(14(13)10-12)8-3-7-15(16,17)18/h4-6,9-10,19H,2-3,7-8,11H2,1H3. The number of aryl methyl sites for hydroxylation is 1. The Balaban J connectivity index is 2.08. The van der Waals surface area contributed by atoms with E-state index in [0.717, 1.165) is 29.6 Å². The predicted octanol–water partition coefficient (Wildman–Crippen LogP) is 4.09. The van der Waals surface area contributed by atoms with Gasteiger partial charge in [-0.05, 0) is 36.0 Å². The molecule has 0 unspecified atom stereocenters. The van der Waals surface area contributed by atoms with Crippen LogP contribution in [0.4, 0.5) is 13.2 Å². The van der Waals surface area contributed by atoms with Crippen molar-refractivity contribution in [2.45, 2.75) is 39.0 Å². The molecule has 5 heteroatoms. The summed E-state index contributed by atoms with van der Waals surface area (Å²) in [5, 5.41) is 4.31. The first-order valence-electron chi connectivity index (χ1n) is 6.85. The molecule has 0 aliphatic rings. The van der Waals surface area contributed by atoms with Crippen LogP contribution in [-0.4, -0.2) is 17.3 Å². The van der Waals surface area contributed by atoms with Crippen LogP contribution in [0.2, 0.25) is 0 Å². The van der Waals surface area contributed by atoms with E-state index in [1.165, 1.54) is 0 Å². The van der Waals surface area contributed by atoms with E-state index in [1.54, 1.807) is 0 Å². The molecule has 0 amide bonds. The first-order valence-corrected chi connectivity index (χ1v) is 6.85. The second-order valence-electron chi connectivity index (χ2n) is 4.90. The first-order chi connectivity index (χ1) is 9.49. The second kappa shape index (κ2) is 6.31. The number of aromatic nitrogens is 1. The van der Waals surface area contributed by atoms with E-state index in [4.69, 9.17) is 0 Å². The van der Waals surface area contributed by atoms with Crippen LogP contribution in [0.1, 0.15) is 25.3 Å². The van der Waals surface area contributed by atoms with Gasteiger partial charge in [0.15, 0.2) is 0 Å². The number of hydrogen-bond donors (Lipinski definition) is 1. The smallest absolute Gasteiger partial charge is 0.347 e. The maximum absolute atomic E-state index is 12.2. The van der Waals surface area contributed by atoms with Crippen molar-refractivity contribution in [1.29, 1.82) is 0 Å². The number of nitrogens with zero attached hydrogens (tertiary/aromatic N) is 1. The molecule has 1 aromatic heterocycles. The minimum Gasteiger partial charge on any atom is -0.347 e. The van der Waals surface area contributed by atoms with Gasteiger partial charge >= 0.3 is 6.18 Å². The van der Waals surface area contributed by atoms with E-state index in [2.05, 4.69) is 5.32 Å². The van der Waals surface area contributed by atoms with Crippen LogP contribution < -0.4 is 5.32 Å². The Morgan fingerprint density at radius 1 is 1.20 bits per heavy atom. The largest absolute Gasteiger partial charge is 0.389 e. The van der Waals surface area contributed by atoms with Crippen molar-refractivity contribution in [2.24, 2.45) is 0 Å². The normalized spacial score (nSPS) is 12.2. The lowest BCUT2D eigenvalue weighted by Crippen LogP contribution is -2.11. The van der Waals surface area contributed by atoms with Crippen molar-refractivity contribution in [2.75, 3.05) is 6.54 Å². The van der Waals surface area contributed by atoms with Crippen LogP contribution in [-0.2, 0) is 13.1 Å². The average Bonchev–Trinajstić information content (AvgIpc) is 2.78. The third kappa shape index (κ3) is 4.00. The fourth-order valence-electron chi connectivity index (χ4n) is 2.25. The van der Waals surface area contributed by atoms with Gasteiger partial charge in [0.25, 0.3) is 0 Å². The van der Waals surface area contributed by atoms with E-state index in [9.17, 15) is 13.2 Å². The number of fused-ring (bicyclic) bond motifs is 1. The topological polar surface area (TPSA) is 17.0 Å². The molecule has 0 bridgehead atoms. The summed E-state index contributed by atoms with van der Waals surface area (Å²) in [7, 11) is 0. The van der Waals surface area contributed by atoms with Crippen LogP contribution in [0, 0.1) is 0 Å². The third-order valence-electron chi connectivity index (χ3n) is 3.28. The maximum atomic E-state index is 12.2. The average molecular weight is 284 g/mol. The minimum atomic E-state index is -4.07. The third-order valence-corrected chi connectivity index (χ3v) is 3.28. The Labute approximate surface area is 116 Å². The van der Waals surface area contributed by atoms with Gasteiger partial charge in [0, 0.05) is 31.2 Å². The van der Waals surface area contributed by atoms with Gasteiger partial charge in [-0.3, -0.25) is 0 Å². The Morgan fingerprint density at radius 3 is 2.70 bits per heavy atom. The monoisotopic (exact) mass is 284 g/mol. The summed E-state index contributed by atoms with van der Waals surface area (Å²) < 4.78 is 38.5. The van der Waals surface area contributed by atoms with Crippen LogP contribution in [0.25, 0.3) is 10.9 Å².